The summed E-state index contributed by atoms with van der Waals surface area (Å²) in [6.07, 6.45) is 4.94. The van der Waals surface area contributed by atoms with E-state index >= 15 is 0 Å². The Bertz CT molecular complexity index is 764. The fraction of sp³-hybridized carbons (Fsp3) is 0.474. The molecule has 3 rings (SSSR count). The minimum absolute atomic E-state index is 0.0776. The molecule has 4 amide bonds. The Kier molecular flexibility index (Phi) is 6.91. The van der Waals surface area contributed by atoms with Gasteiger partial charge in [-0.05, 0) is 25.0 Å². The van der Waals surface area contributed by atoms with E-state index in [0.29, 0.717) is 5.69 Å². The lowest BCUT2D eigenvalue weighted by Gasteiger charge is -2.23. The van der Waals surface area contributed by atoms with Crippen molar-refractivity contribution in [3.05, 3.63) is 24.3 Å². The van der Waals surface area contributed by atoms with Gasteiger partial charge in [0.05, 0.1) is 17.4 Å². The minimum atomic E-state index is -0.701. The first-order valence-corrected chi connectivity index (χ1v) is 10.2. The second kappa shape index (κ2) is 9.59. The van der Waals surface area contributed by atoms with Crippen LogP contribution in [0.4, 0.5) is 10.5 Å². The summed E-state index contributed by atoms with van der Waals surface area (Å²) in [5.74, 6) is -1.65. The maximum absolute atomic E-state index is 12.1. The summed E-state index contributed by atoms with van der Waals surface area (Å²) in [7, 11) is 0. The zero-order chi connectivity index (χ0) is 19.9. The number of carbonyl (C=O) groups is 4. The highest BCUT2D eigenvalue weighted by Gasteiger charge is 2.29. The molecule has 0 saturated heterocycles. The molecule has 28 heavy (non-hydrogen) atoms. The standard InChI is InChI=1S/C19H23N3O5S/c23-16(22-19(26)20-12-6-2-1-3-7-12)11-27-17(24)10-15-18(25)21-13-8-4-5-9-14(13)28-15/h4-5,8-9,12,15H,1-3,6-7,10-11H2,(H,21,25)(H2,20,22,23,26). The van der Waals surface area contributed by atoms with Gasteiger partial charge in [0.15, 0.2) is 6.61 Å². The second-order valence-corrected chi connectivity index (χ2v) is 8.06. The van der Waals surface area contributed by atoms with Crippen molar-refractivity contribution in [2.24, 2.45) is 0 Å². The number of benzene rings is 1. The van der Waals surface area contributed by atoms with Gasteiger partial charge in [-0.15, -0.1) is 11.8 Å². The van der Waals surface area contributed by atoms with Gasteiger partial charge in [0.2, 0.25) is 5.91 Å². The number of esters is 1. The van der Waals surface area contributed by atoms with Gasteiger partial charge in [-0.25, -0.2) is 4.79 Å². The predicted octanol–water partition coefficient (Wildman–Crippen LogP) is 2.19. The van der Waals surface area contributed by atoms with E-state index in [9.17, 15) is 19.2 Å². The Balaban J connectivity index is 1.38. The van der Waals surface area contributed by atoms with Crippen molar-refractivity contribution in [1.29, 1.82) is 0 Å². The van der Waals surface area contributed by atoms with E-state index in [-0.39, 0.29) is 18.4 Å². The molecule has 1 aliphatic carbocycles. The van der Waals surface area contributed by atoms with Crippen molar-refractivity contribution >= 4 is 41.3 Å². The molecule has 0 bridgehead atoms. The van der Waals surface area contributed by atoms with Crippen molar-refractivity contribution in [3.8, 4) is 0 Å². The average molecular weight is 405 g/mol. The molecule has 1 aromatic rings. The molecule has 2 aliphatic rings. The summed E-state index contributed by atoms with van der Waals surface area (Å²) < 4.78 is 4.91. The number of amides is 4. The smallest absolute Gasteiger partial charge is 0.321 e. The molecular formula is C19H23N3O5S. The third-order valence-corrected chi connectivity index (χ3v) is 5.89. The van der Waals surface area contributed by atoms with Crippen LogP contribution in [0.15, 0.2) is 29.2 Å². The molecule has 1 saturated carbocycles. The Hall–Kier alpha value is -2.55. The summed E-state index contributed by atoms with van der Waals surface area (Å²) in [5, 5.41) is 7.03. The molecular weight excluding hydrogens is 382 g/mol. The number of imide groups is 1. The third kappa shape index (κ3) is 5.72. The molecule has 1 heterocycles. The van der Waals surface area contributed by atoms with Crippen molar-refractivity contribution in [2.75, 3.05) is 11.9 Å². The van der Waals surface area contributed by atoms with Gasteiger partial charge in [0, 0.05) is 10.9 Å². The summed E-state index contributed by atoms with van der Waals surface area (Å²) in [6, 6.07) is 6.81. The maximum Gasteiger partial charge on any atom is 0.321 e. The molecule has 1 atom stereocenters. The zero-order valence-electron chi connectivity index (χ0n) is 15.4. The van der Waals surface area contributed by atoms with Crippen molar-refractivity contribution in [2.45, 2.75) is 54.7 Å². The van der Waals surface area contributed by atoms with E-state index in [2.05, 4.69) is 16.0 Å². The number of ether oxygens (including phenoxy) is 1. The van der Waals surface area contributed by atoms with E-state index < -0.39 is 29.8 Å². The fourth-order valence-electron chi connectivity index (χ4n) is 3.21. The van der Waals surface area contributed by atoms with Crippen LogP contribution < -0.4 is 16.0 Å². The van der Waals surface area contributed by atoms with Crippen molar-refractivity contribution in [3.63, 3.8) is 0 Å². The van der Waals surface area contributed by atoms with Gasteiger partial charge in [-0.2, -0.15) is 0 Å². The SMILES string of the molecule is O=C(COC(=O)CC1Sc2ccccc2NC1=O)NC(=O)NC1CCCCC1. The average Bonchev–Trinajstić information content (AvgIpc) is 2.67. The number of carbonyl (C=O) groups excluding carboxylic acids is 4. The molecule has 150 valence electrons. The lowest BCUT2D eigenvalue weighted by molar-refractivity contribution is -0.148. The molecule has 9 heteroatoms. The van der Waals surface area contributed by atoms with Gasteiger partial charge in [-0.3, -0.25) is 19.7 Å². The largest absolute Gasteiger partial charge is 0.456 e. The molecule has 3 N–H and O–H groups in total. The van der Waals surface area contributed by atoms with Crippen LogP contribution in [0.1, 0.15) is 38.5 Å². The highest BCUT2D eigenvalue weighted by molar-refractivity contribution is 8.01. The van der Waals surface area contributed by atoms with Gasteiger partial charge >= 0.3 is 12.0 Å². The first kappa shape index (κ1) is 20.2. The molecule has 0 radical (unpaired) electrons. The normalized spacial score (nSPS) is 19.1. The van der Waals surface area contributed by atoms with Crippen LogP contribution in [-0.2, 0) is 19.1 Å². The lowest BCUT2D eigenvalue weighted by atomic mass is 9.96. The third-order valence-electron chi connectivity index (χ3n) is 4.62. The molecule has 1 fully saturated rings. The van der Waals surface area contributed by atoms with Crippen LogP contribution in [0.3, 0.4) is 0 Å². The minimum Gasteiger partial charge on any atom is -0.456 e. The Morgan fingerprint density at radius 1 is 1.14 bits per heavy atom. The summed E-state index contributed by atoms with van der Waals surface area (Å²) in [6.45, 7) is -0.563. The zero-order valence-corrected chi connectivity index (χ0v) is 16.2. The number of thioether (sulfide) groups is 1. The number of anilines is 1. The predicted molar refractivity (Wildman–Crippen MR) is 104 cm³/mol. The number of fused-ring (bicyclic) bond motifs is 1. The van der Waals surface area contributed by atoms with Gasteiger partial charge < -0.3 is 15.4 Å². The van der Waals surface area contributed by atoms with E-state index in [1.165, 1.54) is 11.8 Å². The molecule has 8 nitrogen and oxygen atoms in total. The fourth-order valence-corrected chi connectivity index (χ4v) is 4.31. The van der Waals surface area contributed by atoms with Gasteiger partial charge in [0.1, 0.15) is 0 Å². The summed E-state index contributed by atoms with van der Waals surface area (Å²) in [5.41, 5.74) is 0.713. The number of nitrogens with one attached hydrogen (secondary N) is 3. The first-order valence-electron chi connectivity index (χ1n) is 9.34. The number of hydrogen-bond donors (Lipinski definition) is 3. The molecule has 1 unspecified atom stereocenters. The summed E-state index contributed by atoms with van der Waals surface area (Å²) >= 11 is 1.28. The number of urea groups is 1. The number of rotatable bonds is 5. The highest BCUT2D eigenvalue weighted by Crippen LogP contribution is 2.36. The molecule has 0 spiro atoms. The second-order valence-electron chi connectivity index (χ2n) is 6.81. The van der Waals surface area contributed by atoms with E-state index in [1.807, 2.05) is 18.2 Å². The molecule has 1 aliphatic heterocycles. The Morgan fingerprint density at radius 3 is 2.68 bits per heavy atom. The van der Waals surface area contributed by atoms with E-state index in [0.717, 1.165) is 37.0 Å². The molecule has 1 aromatic carbocycles. The topological polar surface area (TPSA) is 114 Å². The highest BCUT2D eigenvalue weighted by atomic mass is 32.2. The van der Waals surface area contributed by atoms with Crippen molar-refractivity contribution < 1.29 is 23.9 Å². The molecule has 0 aromatic heterocycles. The van der Waals surface area contributed by atoms with Crippen LogP contribution in [0.25, 0.3) is 0 Å². The Labute approximate surface area is 167 Å². The van der Waals surface area contributed by atoms with Gasteiger partial charge in [0.25, 0.3) is 5.91 Å². The maximum atomic E-state index is 12.1. The van der Waals surface area contributed by atoms with Crippen LogP contribution in [0.5, 0.6) is 0 Å². The van der Waals surface area contributed by atoms with Crippen LogP contribution in [0, 0.1) is 0 Å². The summed E-state index contributed by atoms with van der Waals surface area (Å²) in [4.78, 5) is 48.5. The Morgan fingerprint density at radius 2 is 1.89 bits per heavy atom. The van der Waals surface area contributed by atoms with Crippen molar-refractivity contribution in [1.82, 2.24) is 10.6 Å². The van der Waals surface area contributed by atoms with E-state index in [1.54, 1.807) is 6.07 Å². The lowest BCUT2D eigenvalue weighted by Crippen LogP contribution is -2.46. The number of hydrogen-bond acceptors (Lipinski definition) is 6. The number of para-hydroxylation sites is 1. The quantitative estimate of drug-likeness (QED) is 0.647. The monoisotopic (exact) mass is 405 g/mol. The van der Waals surface area contributed by atoms with Crippen LogP contribution in [-0.4, -0.2) is 41.7 Å². The first-order chi connectivity index (χ1) is 13.5. The van der Waals surface area contributed by atoms with Crippen LogP contribution >= 0.6 is 11.8 Å². The van der Waals surface area contributed by atoms with E-state index in [4.69, 9.17) is 4.74 Å². The van der Waals surface area contributed by atoms with Gasteiger partial charge in [-0.1, -0.05) is 31.4 Å². The van der Waals surface area contributed by atoms with Crippen LogP contribution in [0.2, 0.25) is 0 Å².